The lowest BCUT2D eigenvalue weighted by Gasteiger charge is -2.10. The van der Waals surface area contributed by atoms with Crippen LogP contribution in [0.1, 0.15) is 17.4 Å². The molecule has 1 aromatic heterocycles. The number of carbonyl (C=O) groups is 1. The molecule has 2 amide bonds. The van der Waals surface area contributed by atoms with Crippen LogP contribution in [-0.2, 0) is 5.75 Å². The second kappa shape index (κ2) is 9.22. The van der Waals surface area contributed by atoms with Crippen LogP contribution in [0, 0.1) is 5.82 Å². The Morgan fingerprint density at radius 3 is 2.83 bits per heavy atom. The molecular weight excluding hydrogens is 319 g/mol. The number of rotatable bonds is 8. The highest BCUT2D eigenvalue weighted by molar-refractivity contribution is 7.98. The van der Waals surface area contributed by atoms with Gasteiger partial charge in [-0.1, -0.05) is 18.2 Å². The maximum atomic E-state index is 13.4. The largest absolute Gasteiger partial charge is 0.467 e. The minimum atomic E-state index is -0.869. The van der Waals surface area contributed by atoms with Gasteiger partial charge in [-0.25, -0.2) is 9.18 Å². The van der Waals surface area contributed by atoms with Gasteiger partial charge in [0.15, 0.2) is 0 Å². The summed E-state index contributed by atoms with van der Waals surface area (Å²) in [5.74, 6) is 1.43. The molecule has 0 saturated carbocycles. The lowest BCUT2D eigenvalue weighted by Crippen LogP contribution is -2.38. The quantitative estimate of drug-likeness (QED) is 0.647. The Morgan fingerprint density at radius 1 is 1.26 bits per heavy atom. The molecule has 2 rings (SSSR count). The van der Waals surface area contributed by atoms with Gasteiger partial charge in [-0.15, -0.1) is 0 Å². The first-order chi connectivity index (χ1) is 11.2. The van der Waals surface area contributed by atoms with E-state index in [2.05, 4.69) is 10.6 Å². The predicted octanol–water partition coefficient (Wildman–Crippen LogP) is 2.68. The molecule has 0 bridgehead atoms. The van der Waals surface area contributed by atoms with Crippen LogP contribution in [0.4, 0.5) is 9.18 Å². The van der Waals surface area contributed by atoms with E-state index in [9.17, 15) is 14.3 Å². The Balaban J connectivity index is 1.56. The fraction of sp³-hybridized carbons (Fsp3) is 0.312. The van der Waals surface area contributed by atoms with E-state index in [1.165, 1.54) is 24.1 Å². The first kappa shape index (κ1) is 17.4. The average Bonchev–Trinajstić information content (AvgIpc) is 3.08. The van der Waals surface area contributed by atoms with E-state index in [4.69, 9.17) is 4.42 Å². The SMILES string of the molecule is O=C(NCCSCc1ccccc1F)NCC(O)c1ccco1. The maximum Gasteiger partial charge on any atom is 0.314 e. The number of aliphatic hydroxyl groups excluding tert-OH is 1. The highest BCUT2D eigenvalue weighted by Gasteiger charge is 2.11. The van der Waals surface area contributed by atoms with Crippen molar-refractivity contribution in [1.29, 1.82) is 0 Å². The number of hydrogen-bond acceptors (Lipinski definition) is 4. The summed E-state index contributed by atoms with van der Waals surface area (Å²) in [5.41, 5.74) is 0.656. The van der Waals surface area contributed by atoms with Gasteiger partial charge < -0.3 is 20.2 Å². The van der Waals surface area contributed by atoms with Gasteiger partial charge in [-0.05, 0) is 23.8 Å². The summed E-state index contributed by atoms with van der Waals surface area (Å²) in [5, 5.41) is 15.0. The van der Waals surface area contributed by atoms with Gasteiger partial charge >= 0.3 is 6.03 Å². The molecular formula is C16H19FN2O3S. The van der Waals surface area contributed by atoms with Gasteiger partial charge in [0.2, 0.25) is 0 Å². The van der Waals surface area contributed by atoms with Gasteiger partial charge in [0.25, 0.3) is 0 Å². The number of urea groups is 1. The Kier molecular flexibility index (Phi) is 6.96. The van der Waals surface area contributed by atoms with Crippen molar-refractivity contribution in [3.05, 3.63) is 59.8 Å². The number of hydrogen-bond donors (Lipinski definition) is 3. The van der Waals surface area contributed by atoms with E-state index in [-0.39, 0.29) is 18.4 Å². The number of nitrogens with one attached hydrogen (secondary N) is 2. The lowest BCUT2D eigenvalue weighted by molar-refractivity contribution is 0.148. The van der Waals surface area contributed by atoms with E-state index in [0.29, 0.717) is 29.4 Å². The summed E-state index contributed by atoms with van der Waals surface area (Å²) >= 11 is 1.54. The number of aliphatic hydroxyl groups is 1. The highest BCUT2D eigenvalue weighted by atomic mass is 32.2. The van der Waals surface area contributed by atoms with E-state index in [1.54, 1.807) is 30.3 Å². The normalized spacial score (nSPS) is 11.9. The lowest BCUT2D eigenvalue weighted by atomic mass is 10.2. The highest BCUT2D eigenvalue weighted by Crippen LogP contribution is 2.14. The molecule has 23 heavy (non-hydrogen) atoms. The van der Waals surface area contributed by atoms with Crippen LogP contribution < -0.4 is 10.6 Å². The summed E-state index contributed by atoms with van der Waals surface area (Å²) in [4.78, 5) is 11.6. The Labute approximate surface area is 138 Å². The third-order valence-electron chi connectivity index (χ3n) is 3.07. The summed E-state index contributed by atoms with van der Waals surface area (Å²) < 4.78 is 18.4. The second-order valence-corrected chi connectivity index (χ2v) is 5.92. The maximum absolute atomic E-state index is 13.4. The fourth-order valence-corrected chi connectivity index (χ4v) is 2.71. The molecule has 1 unspecified atom stereocenters. The molecule has 0 aliphatic carbocycles. The molecule has 3 N–H and O–H groups in total. The van der Waals surface area contributed by atoms with Crippen molar-refractivity contribution in [3.8, 4) is 0 Å². The number of halogens is 1. The molecule has 1 atom stereocenters. The molecule has 0 fully saturated rings. The van der Waals surface area contributed by atoms with Gasteiger partial charge in [-0.2, -0.15) is 11.8 Å². The van der Waals surface area contributed by atoms with E-state index < -0.39 is 6.10 Å². The van der Waals surface area contributed by atoms with Gasteiger partial charge in [0.1, 0.15) is 17.7 Å². The van der Waals surface area contributed by atoms with Crippen LogP contribution in [0.5, 0.6) is 0 Å². The van der Waals surface area contributed by atoms with Crippen molar-refractivity contribution in [2.45, 2.75) is 11.9 Å². The number of carbonyl (C=O) groups excluding carboxylic acids is 1. The Morgan fingerprint density at radius 2 is 2.09 bits per heavy atom. The molecule has 124 valence electrons. The first-order valence-electron chi connectivity index (χ1n) is 7.21. The van der Waals surface area contributed by atoms with Gasteiger partial charge in [-0.3, -0.25) is 0 Å². The molecule has 2 aromatic rings. The summed E-state index contributed by atoms with van der Waals surface area (Å²) in [6, 6.07) is 9.60. The molecule has 1 heterocycles. The Hall–Kier alpha value is -1.99. The van der Waals surface area contributed by atoms with Crippen molar-refractivity contribution in [2.75, 3.05) is 18.8 Å². The van der Waals surface area contributed by atoms with Crippen molar-refractivity contribution >= 4 is 17.8 Å². The van der Waals surface area contributed by atoms with Crippen LogP contribution in [0.3, 0.4) is 0 Å². The standard InChI is InChI=1S/C16H19FN2O3S/c17-13-5-2-1-4-12(13)11-23-9-7-18-16(21)19-10-14(20)15-6-3-8-22-15/h1-6,8,14,20H,7,9-11H2,(H2,18,19,21). The second-order valence-electron chi connectivity index (χ2n) is 4.81. The Bertz CT molecular complexity index is 607. The number of benzene rings is 1. The number of amides is 2. The first-order valence-corrected chi connectivity index (χ1v) is 8.36. The molecule has 7 heteroatoms. The third kappa shape index (κ3) is 5.96. The molecule has 0 aliphatic heterocycles. The summed E-state index contributed by atoms with van der Waals surface area (Å²) in [6.07, 6.45) is 0.594. The van der Waals surface area contributed by atoms with Crippen LogP contribution in [-0.4, -0.2) is 30.0 Å². The predicted molar refractivity (Wildman–Crippen MR) is 87.6 cm³/mol. The topological polar surface area (TPSA) is 74.5 Å². The summed E-state index contributed by atoms with van der Waals surface area (Å²) in [6.45, 7) is 0.531. The number of thioether (sulfide) groups is 1. The molecule has 0 saturated heterocycles. The van der Waals surface area contributed by atoms with Crippen molar-refractivity contribution in [3.63, 3.8) is 0 Å². The zero-order valence-electron chi connectivity index (χ0n) is 12.5. The molecule has 5 nitrogen and oxygen atoms in total. The van der Waals surface area contributed by atoms with Crippen molar-refractivity contribution in [2.24, 2.45) is 0 Å². The monoisotopic (exact) mass is 338 g/mol. The molecule has 0 aliphatic rings. The van der Waals surface area contributed by atoms with Crippen LogP contribution in [0.25, 0.3) is 0 Å². The van der Waals surface area contributed by atoms with E-state index in [1.807, 2.05) is 0 Å². The average molecular weight is 338 g/mol. The third-order valence-corrected chi connectivity index (χ3v) is 4.08. The fourth-order valence-electron chi connectivity index (χ4n) is 1.87. The van der Waals surface area contributed by atoms with Crippen molar-refractivity contribution in [1.82, 2.24) is 10.6 Å². The van der Waals surface area contributed by atoms with Crippen molar-refractivity contribution < 1.29 is 18.7 Å². The molecule has 0 radical (unpaired) electrons. The summed E-state index contributed by atoms with van der Waals surface area (Å²) in [7, 11) is 0. The molecule has 1 aromatic carbocycles. The van der Waals surface area contributed by atoms with Crippen LogP contribution >= 0.6 is 11.8 Å². The van der Waals surface area contributed by atoms with Gasteiger partial charge in [0, 0.05) is 18.1 Å². The zero-order valence-corrected chi connectivity index (χ0v) is 13.3. The molecule has 0 spiro atoms. The minimum absolute atomic E-state index is 0.0711. The number of furan rings is 1. The van der Waals surface area contributed by atoms with Crippen LogP contribution in [0.2, 0.25) is 0 Å². The minimum Gasteiger partial charge on any atom is -0.467 e. The van der Waals surface area contributed by atoms with Crippen LogP contribution in [0.15, 0.2) is 47.1 Å². The van der Waals surface area contributed by atoms with E-state index >= 15 is 0 Å². The smallest absolute Gasteiger partial charge is 0.314 e. The zero-order chi connectivity index (χ0) is 16.5. The van der Waals surface area contributed by atoms with Gasteiger partial charge in [0.05, 0.1) is 12.8 Å². The van der Waals surface area contributed by atoms with E-state index in [0.717, 1.165) is 0 Å².